The van der Waals surface area contributed by atoms with Gasteiger partial charge in [-0.15, -0.1) is 0 Å². The van der Waals surface area contributed by atoms with E-state index < -0.39 is 53.0 Å². The molecular formula is C43H57ClN6O10. The molecule has 4 fully saturated rings. The van der Waals surface area contributed by atoms with E-state index in [0.29, 0.717) is 71.1 Å². The van der Waals surface area contributed by atoms with Gasteiger partial charge in [0, 0.05) is 31.0 Å². The number of carbonyl (C=O) groups excluding carboxylic acids is 4. The van der Waals surface area contributed by atoms with E-state index in [1.165, 1.54) is 24.7 Å². The second-order valence-corrected chi connectivity index (χ2v) is 18.3. The zero-order valence-electron chi connectivity index (χ0n) is 35.6. The van der Waals surface area contributed by atoms with Crippen molar-refractivity contribution in [1.29, 1.82) is 0 Å². The Morgan fingerprint density at radius 1 is 1.00 bits per heavy atom. The van der Waals surface area contributed by atoms with Gasteiger partial charge in [0.15, 0.2) is 0 Å². The van der Waals surface area contributed by atoms with Crippen molar-refractivity contribution in [2.24, 2.45) is 23.2 Å². The molecule has 7 rings (SSSR count). The molecule has 0 radical (unpaired) electrons. The molecule has 3 amide bonds. The lowest BCUT2D eigenvalue weighted by molar-refractivity contribution is -0.148. The molecule has 16 nitrogen and oxygen atoms in total. The Morgan fingerprint density at radius 3 is 2.40 bits per heavy atom. The first kappa shape index (κ1) is 43.3. The number of halogens is 1. The predicted molar refractivity (Wildman–Crippen MR) is 222 cm³/mol. The average molecular weight is 853 g/mol. The number of oxazole rings is 1. The van der Waals surface area contributed by atoms with Crippen LogP contribution in [0.25, 0.3) is 22.3 Å². The number of nitrogens with zero attached hydrogens (tertiary/aromatic N) is 3. The second-order valence-electron chi connectivity index (χ2n) is 17.9. The zero-order valence-corrected chi connectivity index (χ0v) is 36.4. The topological polar surface area (TPSA) is 193 Å². The largest absolute Gasteiger partial charge is 0.490 e. The molecule has 1 aliphatic heterocycles. The highest BCUT2D eigenvalue weighted by molar-refractivity contribution is 6.36. The lowest BCUT2D eigenvalue weighted by atomic mass is 9.85. The van der Waals surface area contributed by atoms with Crippen molar-refractivity contribution < 1.29 is 47.3 Å². The zero-order chi connectivity index (χ0) is 43.1. The van der Waals surface area contributed by atoms with Gasteiger partial charge < -0.3 is 49.0 Å². The summed E-state index contributed by atoms with van der Waals surface area (Å²) in [4.78, 5) is 66.5. The molecule has 17 heteroatoms. The molecule has 3 aliphatic carbocycles. The highest BCUT2D eigenvalue weighted by atomic mass is 35.5. The first-order valence-corrected chi connectivity index (χ1v) is 21.2. The quantitative estimate of drug-likeness (QED) is 0.110. The van der Waals surface area contributed by atoms with Crippen molar-refractivity contribution in [3.05, 3.63) is 29.5 Å². The van der Waals surface area contributed by atoms with Crippen molar-refractivity contribution in [2.75, 3.05) is 39.3 Å². The van der Waals surface area contributed by atoms with Gasteiger partial charge in [-0.25, -0.2) is 14.6 Å². The Bertz CT molecular complexity index is 2100. The number of likely N-dealkylation sites (tertiary alicyclic amines) is 1. The first-order chi connectivity index (χ1) is 28.5. The van der Waals surface area contributed by atoms with E-state index in [1.807, 2.05) is 41.5 Å². The standard InChI is InChI=1S/C43H57ClN6O10/c1-9-25-19-43(25,39(53)56-8)49-37(51)31-17-27(20-50(31)38(52)36(42(4,5)6)48-41(54)60-26-15-23-14-24(23)16-26)59-33-18-29(30-21-58-40(47-30)45-22(2)3)46-35-28(33)10-11-32(34(35)44)57-13-12-55-7/h10-11,18,21-27,31,36H,9,12-17,19-20H2,1-8H3,(H,45,47)(H,48,54)(H,49,51)/t23-,24+,25-,26+,27-,31+,36-,43-/m1/s1. The number of nitrogens with one attached hydrogen (secondary N) is 3. The van der Waals surface area contributed by atoms with Crippen LogP contribution in [-0.4, -0.2) is 109 Å². The molecule has 3 N–H and O–H groups in total. The molecule has 4 aliphatic rings. The van der Waals surface area contributed by atoms with Gasteiger partial charge in [0.1, 0.15) is 64.9 Å². The second kappa shape index (κ2) is 17.3. The Hall–Kier alpha value is -4.83. The van der Waals surface area contributed by atoms with Crippen LogP contribution in [0.1, 0.15) is 80.1 Å². The van der Waals surface area contributed by atoms with E-state index in [1.54, 1.807) is 25.3 Å². The summed E-state index contributed by atoms with van der Waals surface area (Å²) in [7, 11) is 2.87. The number of aromatic nitrogens is 2. The normalized spacial score (nSPS) is 26.0. The summed E-state index contributed by atoms with van der Waals surface area (Å²) < 4.78 is 34.4. The molecule has 0 bridgehead atoms. The minimum absolute atomic E-state index is 0.0217. The summed E-state index contributed by atoms with van der Waals surface area (Å²) in [6, 6.07) is 3.46. The number of rotatable bonds is 16. The van der Waals surface area contributed by atoms with Crippen LogP contribution in [0.5, 0.6) is 11.5 Å². The van der Waals surface area contributed by atoms with E-state index >= 15 is 0 Å². The van der Waals surface area contributed by atoms with Crippen LogP contribution in [0.2, 0.25) is 5.02 Å². The molecule has 3 aromatic rings. The monoisotopic (exact) mass is 852 g/mol. The van der Waals surface area contributed by atoms with Crippen LogP contribution in [0, 0.1) is 23.2 Å². The predicted octanol–water partition coefficient (Wildman–Crippen LogP) is 6.13. The number of benzene rings is 1. The van der Waals surface area contributed by atoms with E-state index in [-0.39, 0.29) is 42.7 Å². The van der Waals surface area contributed by atoms with Crippen molar-refractivity contribution in [3.8, 4) is 22.9 Å². The highest BCUT2D eigenvalue weighted by Crippen LogP contribution is 2.52. The summed E-state index contributed by atoms with van der Waals surface area (Å²) in [5, 5.41) is 9.75. The van der Waals surface area contributed by atoms with Gasteiger partial charge in [-0.3, -0.25) is 9.59 Å². The van der Waals surface area contributed by atoms with Crippen molar-refractivity contribution in [2.45, 2.75) is 116 Å². The highest BCUT2D eigenvalue weighted by Gasteiger charge is 2.62. The van der Waals surface area contributed by atoms with E-state index in [4.69, 9.17) is 44.7 Å². The van der Waals surface area contributed by atoms with E-state index in [0.717, 1.165) is 12.8 Å². The summed E-state index contributed by atoms with van der Waals surface area (Å²) in [5.41, 5.74) is -0.796. The lowest BCUT2D eigenvalue weighted by Crippen LogP contribution is -2.59. The maximum absolute atomic E-state index is 14.8. The molecule has 3 heterocycles. The van der Waals surface area contributed by atoms with Crippen molar-refractivity contribution in [3.63, 3.8) is 0 Å². The van der Waals surface area contributed by atoms with Gasteiger partial charge in [-0.1, -0.05) is 45.7 Å². The molecule has 8 atom stereocenters. The maximum atomic E-state index is 14.8. The van der Waals surface area contributed by atoms with E-state index in [2.05, 4.69) is 20.9 Å². The molecule has 1 aromatic carbocycles. The molecule has 2 aromatic heterocycles. The SMILES string of the molecule is CC[C@@H]1C[C@]1(NC(=O)[C@@H]1C[C@@H](Oc2cc(-c3coc(NC(C)C)n3)nc3c(Cl)c(OCCOC)ccc23)CN1C(=O)[C@@H](NC(=O)O[C@@H]1C[C@@H]2C[C@@H]2C1)C(C)(C)C)C(=O)OC. The molecule has 326 valence electrons. The number of methoxy groups -OCH3 is 2. The van der Waals surface area contributed by atoms with Gasteiger partial charge >= 0.3 is 12.1 Å². The van der Waals surface area contributed by atoms with Crippen molar-refractivity contribution >= 4 is 52.4 Å². The van der Waals surface area contributed by atoms with Crippen LogP contribution in [-0.2, 0) is 28.6 Å². The fraction of sp³-hybridized carbons (Fsp3) is 0.628. The summed E-state index contributed by atoms with van der Waals surface area (Å²) >= 11 is 6.95. The van der Waals surface area contributed by atoms with Crippen LogP contribution in [0.15, 0.2) is 28.9 Å². The third kappa shape index (κ3) is 9.09. The van der Waals surface area contributed by atoms with Gasteiger partial charge in [0.2, 0.25) is 11.8 Å². The van der Waals surface area contributed by atoms with E-state index in [9.17, 15) is 19.2 Å². The molecule has 0 spiro atoms. The summed E-state index contributed by atoms with van der Waals surface area (Å²) in [6.45, 7) is 12.0. The van der Waals surface area contributed by atoms with Crippen LogP contribution in [0.4, 0.5) is 10.8 Å². The number of ether oxygens (including phenoxy) is 5. The molecule has 60 heavy (non-hydrogen) atoms. The summed E-state index contributed by atoms with van der Waals surface area (Å²) in [6.07, 6.45) is 3.84. The third-order valence-corrected chi connectivity index (χ3v) is 12.4. The Labute approximate surface area is 355 Å². The van der Waals surface area contributed by atoms with Gasteiger partial charge in [0.05, 0.1) is 31.5 Å². The molecule has 0 unspecified atom stereocenters. The van der Waals surface area contributed by atoms with Gasteiger partial charge in [0.25, 0.3) is 6.01 Å². The van der Waals surface area contributed by atoms with Crippen LogP contribution >= 0.6 is 11.6 Å². The Kier molecular flexibility index (Phi) is 12.5. The van der Waals surface area contributed by atoms with Crippen LogP contribution < -0.4 is 25.4 Å². The van der Waals surface area contributed by atoms with Crippen molar-refractivity contribution in [1.82, 2.24) is 25.5 Å². The number of pyridine rings is 1. The number of carbonyl (C=O) groups is 4. The lowest BCUT2D eigenvalue weighted by Gasteiger charge is -2.35. The van der Waals surface area contributed by atoms with Crippen LogP contribution in [0.3, 0.4) is 0 Å². The van der Waals surface area contributed by atoms with Gasteiger partial charge in [-0.2, -0.15) is 4.98 Å². The number of amides is 3. The number of hydrogen-bond acceptors (Lipinski definition) is 13. The third-order valence-electron chi connectivity index (χ3n) is 12.1. The number of esters is 1. The number of anilines is 1. The summed E-state index contributed by atoms with van der Waals surface area (Å²) in [5.74, 6) is 0.304. The number of fused-ring (bicyclic) bond motifs is 2. The fourth-order valence-electron chi connectivity index (χ4n) is 8.68. The molecular weight excluding hydrogens is 796 g/mol. The number of hydrogen-bond donors (Lipinski definition) is 3. The molecule has 1 saturated heterocycles. The Balaban J connectivity index is 1.21. The maximum Gasteiger partial charge on any atom is 0.408 e. The van der Waals surface area contributed by atoms with Gasteiger partial charge in [-0.05, 0) is 74.8 Å². The molecule has 3 saturated carbocycles. The smallest absolute Gasteiger partial charge is 0.408 e. The Morgan fingerprint density at radius 2 is 1.75 bits per heavy atom. The minimum Gasteiger partial charge on any atom is -0.490 e. The average Bonchev–Trinajstić information content (AvgIpc) is 3.86. The fourth-order valence-corrected chi connectivity index (χ4v) is 8.94. The number of alkyl carbamates (subject to hydrolysis) is 1. The minimum atomic E-state index is -1.20. The first-order valence-electron chi connectivity index (χ1n) is 20.9.